The molecule has 0 amide bonds. The normalized spacial score (nSPS) is 20.1. The molecule has 0 unspecified atom stereocenters. The van der Waals surface area contributed by atoms with Gasteiger partial charge in [-0.15, -0.1) is 0 Å². The first kappa shape index (κ1) is 33.7. The molecule has 49 heavy (non-hydrogen) atoms. The zero-order valence-electron chi connectivity index (χ0n) is 30.4. The van der Waals surface area contributed by atoms with E-state index in [4.69, 9.17) is 11.6 Å². The standard InChI is InChI=1S/C47H52ClN/c1-7-9-20-38-39-27-23-32-16-11-13-21-36(32)43(39)46(3,4)40(38)28-24-34-18-15-19-35(45(34)48)26-30-42-47(5,6)44-37-22-14-12-17-33(37)25-29-41(44)49(42)31-10-8-2/h11-14,16-17,21-30H,7-10,15,18-20,31H2,1-6H3/b28-24+,35-26+,42-30+. The Balaban J connectivity index is 1.26. The average Bonchev–Trinajstić information content (AvgIpc) is 3.46. The number of benzene rings is 4. The summed E-state index contributed by atoms with van der Waals surface area (Å²) >= 11 is 7.34. The maximum atomic E-state index is 7.34. The monoisotopic (exact) mass is 665 g/mol. The van der Waals surface area contributed by atoms with Crippen LogP contribution >= 0.6 is 11.6 Å². The molecule has 0 bridgehead atoms. The molecule has 0 aromatic heterocycles. The van der Waals surface area contributed by atoms with E-state index in [9.17, 15) is 0 Å². The fourth-order valence-electron chi connectivity index (χ4n) is 8.95. The summed E-state index contributed by atoms with van der Waals surface area (Å²) in [6, 6.07) is 27.1. The van der Waals surface area contributed by atoms with Crippen molar-refractivity contribution in [1.82, 2.24) is 0 Å². The predicted molar refractivity (Wildman–Crippen MR) is 215 cm³/mol. The zero-order valence-corrected chi connectivity index (χ0v) is 31.2. The first-order valence-electron chi connectivity index (χ1n) is 18.7. The number of rotatable bonds is 9. The Morgan fingerprint density at radius 1 is 0.714 bits per heavy atom. The highest BCUT2D eigenvalue weighted by Gasteiger charge is 2.41. The molecule has 7 rings (SSSR count). The molecule has 0 saturated heterocycles. The van der Waals surface area contributed by atoms with Crippen LogP contribution in [0, 0.1) is 0 Å². The van der Waals surface area contributed by atoms with Crippen LogP contribution in [0.4, 0.5) is 5.69 Å². The molecule has 3 aliphatic rings. The molecule has 1 aliphatic heterocycles. The second kappa shape index (κ2) is 13.5. The fraction of sp³-hybridized carbons (Fsp3) is 0.362. The lowest BCUT2D eigenvalue weighted by molar-refractivity contribution is 0.628. The number of allylic oxidation sites excluding steroid dienone is 10. The van der Waals surface area contributed by atoms with Gasteiger partial charge in [0.15, 0.2) is 0 Å². The number of fused-ring (bicyclic) bond motifs is 6. The first-order chi connectivity index (χ1) is 23.7. The van der Waals surface area contributed by atoms with Crippen LogP contribution in [-0.4, -0.2) is 6.54 Å². The van der Waals surface area contributed by atoms with E-state index in [2.05, 4.69) is 144 Å². The summed E-state index contributed by atoms with van der Waals surface area (Å²) in [7, 11) is 0. The van der Waals surface area contributed by atoms with Crippen molar-refractivity contribution in [2.24, 2.45) is 0 Å². The first-order valence-corrected chi connectivity index (χ1v) is 19.1. The van der Waals surface area contributed by atoms with Crippen LogP contribution in [0.25, 0.3) is 27.1 Å². The van der Waals surface area contributed by atoms with Crippen molar-refractivity contribution in [2.75, 3.05) is 11.4 Å². The minimum atomic E-state index is -0.108. The third-order valence-corrected chi connectivity index (χ3v) is 12.0. The van der Waals surface area contributed by atoms with Crippen LogP contribution in [0.5, 0.6) is 0 Å². The van der Waals surface area contributed by atoms with Crippen LogP contribution in [0.3, 0.4) is 0 Å². The molecule has 0 N–H and O–H groups in total. The molecule has 0 atom stereocenters. The van der Waals surface area contributed by atoms with Gasteiger partial charge in [0.05, 0.1) is 0 Å². The molecular weight excluding hydrogens is 614 g/mol. The summed E-state index contributed by atoms with van der Waals surface area (Å²) in [4.78, 5) is 2.58. The summed E-state index contributed by atoms with van der Waals surface area (Å²) in [6.45, 7) is 15.2. The summed E-state index contributed by atoms with van der Waals surface area (Å²) < 4.78 is 0. The van der Waals surface area contributed by atoms with Crippen molar-refractivity contribution in [3.63, 3.8) is 0 Å². The molecule has 2 aliphatic carbocycles. The number of hydrogen-bond acceptors (Lipinski definition) is 1. The third kappa shape index (κ3) is 5.83. The van der Waals surface area contributed by atoms with E-state index in [0.29, 0.717) is 0 Å². The van der Waals surface area contributed by atoms with E-state index in [1.165, 1.54) is 91.2 Å². The van der Waals surface area contributed by atoms with Crippen molar-refractivity contribution in [1.29, 1.82) is 0 Å². The van der Waals surface area contributed by atoms with Gasteiger partial charge in [-0.2, -0.15) is 0 Å². The fourth-order valence-corrected chi connectivity index (χ4v) is 9.26. The minimum Gasteiger partial charge on any atom is -0.344 e. The number of anilines is 1. The molecule has 1 heterocycles. The Bertz CT molecular complexity index is 2080. The van der Waals surface area contributed by atoms with Crippen LogP contribution in [0.15, 0.2) is 125 Å². The zero-order chi connectivity index (χ0) is 34.3. The van der Waals surface area contributed by atoms with E-state index >= 15 is 0 Å². The average molecular weight is 666 g/mol. The van der Waals surface area contributed by atoms with Crippen molar-refractivity contribution in [2.45, 2.75) is 104 Å². The molecular formula is C47H52ClN. The molecule has 0 spiro atoms. The van der Waals surface area contributed by atoms with Crippen LogP contribution < -0.4 is 4.90 Å². The number of unbranched alkanes of at least 4 members (excludes halogenated alkanes) is 2. The Morgan fingerprint density at radius 3 is 2.10 bits per heavy atom. The van der Waals surface area contributed by atoms with Gasteiger partial charge in [0.25, 0.3) is 0 Å². The van der Waals surface area contributed by atoms with Gasteiger partial charge in [0, 0.05) is 33.8 Å². The third-order valence-electron chi connectivity index (χ3n) is 11.5. The molecule has 0 fully saturated rings. The second-order valence-corrected chi connectivity index (χ2v) is 15.8. The van der Waals surface area contributed by atoms with Crippen molar-refractivity contribution in [3.05, 3.63) is 141 Å². The lowest BCUT2D eigenvalue weighted by Gasteiger charge is -2.27. The highest BCUT2D eigenvalue weighted by atomic mass is 35.5. The van der Waals surface area contributed by atoms with E-state index in [-0.39, 0.29) is 10.8 Å². The molecule has 4 aromatic rings. The van der Waals surface area contributed by atoms with Crippen molar-refractivity contribution in [3.8, 4) is 0 Å². The molecule has 252 valence electrons. The Hall–Kier alpha value is -3.81. The Labute approximate surface area is 299 Å². The summed E-state index contributed by atoms with van der Waals surface area (Å²) in [5.41, 5.74) is 12.4. The topological polar surface area (TPSA) is 3.24 Å². The second-order valence-electron chi connectivity index (χ2n) is 15.4. The molecule has 4 aromatic carbocycles. The summed E-state index contributed by atoms with van der Waals surface area (Å²) in [5, 5.41) is 6.32. The highest BCUT2D eigenvalue weighted by Crippen LogP contribution is 2.52. The van der Waals surface area contributed by atoms with Gasteiger partial charge in [-0.1, -0.05) is 151 Å². The van der Waals surface area contributed by atoms with E-state index < -0.39 is 0 Å². The van der Waals surface area contributed by atoms with Gasteiger partial charge in [-0.25, -0.2) is 0 Å². The van der Waals surface area contributed by atoms with Gasteiger partial charge >= 0.3 is 0 Å². The lowest BCUT2D eigenvalue weighted by atomic mass is 9.78. The quantitative estimate of drug-likeness (QED) is 0.172. The van der Waals surface area contributed by atoms with Crippen LogP contribution in [0.2, 0.25) is 0 Å². The maximum absolute atomic E-state index is 7.34. The van der Waals surface area contributed by atoms with Crippen molar-refractivity contribution >= 4 is 44.4 Å². The smallest absolute Gasteiger partial charge is 0.0469 e. The van der Waals surface area contributed by atoms with Gasteiger partial charge in [-0.05, 0) is 111 Å². The van der Waals surface area contributed by atoms with E-state index in [1.807, 2.05) is 0 Å². The summed E-state index contributed by atoms with van der Waals surface area (Å²) in [6.07, 6.45) is 18.5. The van der Waals surface area contributed by atoms with Gasteiger partial charge < -0.3 is 4.90 Å². The van der Waals surface area contributed by atoms with E-state index in [1.54, 1.807) is 0 Å². The summed E-state index contributed by atoms with van der Waals surface area (Å²) in [5.74, 6) is 0. The Kier molecular flexibility index (Phi) is 9.27. The van der Waals surface area contributed by atoms with Crippen LogP contribution in [0.1, 0.15) is 110 Å². The molecule has 2 heteroatoms. The van der Waals surface area contributed by atoms with Gasteiger partial charge in [0.1, 0.15) is 0 Å². The van der Waals surface area contributed by atoms with Crippen LogP contribution in [-0.2, 0) is 10.8 Å². The molecule has 1 nitrogen and oxygen atoms in total. The highest BCUT2D eigenvalue weighted by molar-refractivity contribution is 6.32. The van der Waals surface area contributed by atoms with E-state index in [0.717, 1.165) is 43.7 Å². The predicted octanol–water partition coefficient (Wildman–Crippen LogP) is 13.9. The number of hydrogen-bond donors (Lipinski definition) is 0. The largest absolute Gasteiger partial charge is 0.344 e. The van der Waals surface area contributed by atoms with Gasteiger partial charge in [0.2, 0.25) is 0 Å². The van der Waals surface area contributed by atoms with Crippen molar-refractivity contribution < 1.29 is 0 Å². The Morgan fingerprint density at radius 2 is 1.39 bits per heavy atom. The molecule has 0 saturated carbocycles. The number of halogens is 1. The number of nitrogens with zero attached hydrogens (tertiary/aromatic N) is 1. The SMILES string of the molecule is CCCCC1=C(/C=C/C2=C(Cl)C(=C/C=C3/N(CCCC)c4ccc5ccccc5c4C3(C)C)/CCC2)C(C)(C)c2c1ccc1ccccc21. The minimum absolute atomic E-state index is 0.0737. The van der Waals surface area contributed by atoms with Gasteiger partial charge in [-0.3, -0.25) is 0 Å². The maximum Gasteiger partial charge on any atom is 0.0469 e. The lowest BCUT2D eigenvalue weighted by Crippen LogP contribution is -2.27. The molecule has 0 radical (unpaired) electrons.